The minimum atomic E-state index is -3.95. The Labute approximate surface area is 159 Å². The highest BCUT2D eigenvalue weighted by Crippen LogP contribution is 2.28. The number of nitro groups is 1. The van der Waals surface area contributed by atoms with E-state index in [1.165, 1.54) is 19.2 Å². The van der Waals surface area contributed by atoms with Crippen molar-refractivity contribution in [3.63, 3.8) is 0 Å². The second-order valence-electron chi connectivity index (χ2n) is 5.08. The van der Waals surface area contributed by atoms with Crippen molar-refractivity contribution in [1.29, 1.82) is 0 Å². The van der Waals surface area contributed by atoms with Crippen molar-refractivity contribution in [2.45, 2.75) is 4.90 Å². The number of nitrogens with one attached hydrogen (secondary N) is 2. The zero-order valence-corrected chi connectivity index (χ0v) is 16.1. The van der Waals surface area contributed by atoms with E-state index in [1.807, 2.05) is 0 Å². The van der Waals surface area contributed by atoms with Gasteiger partial charge in [0.25, 0.3) is 5.69 Å². The third-order valence-electron chi connectivity index (χ3n) is 3.58. The normalized spacial score (nSPS) is 14.9. The molecule has 2 rings (SSSR count). The molecule has 9 nitrogen and oxygen atoms in total. The van der Waals surface area contributed by atoms with Crippen LogP contribution in [0.4, 0.5) is 5.69 Å². The Morgan fingerprint density at radius 1 is 1.32 bits per heavy atom. The summed E-state index contributed by atoms with van der Waals surface area (Å²) in [7, 11) is -2.59. The van der Waals surface area contributed by atoms with E-state index in [0.29, 0.717) is 6.54 Å². The molecule has 0 amide bonds. The minimum absolute atomic E-state index is 0. The molecule has 12 heteroatoms. The van der Waals surface area contributed by atoms with Gasteiger partial charge < -0.3 is 10.1 Å². The van der Waals surface area contributed by atoms with Gasteiger partial charge in [-0.15, -0.1) is 24.8 Å². The number of piperazine rings is 1. The molecule has 2 N–H and O–H groups in total. The molecule has 1 aliphatic rings. The van der Waals surface area contributed by atoms with Crippen LogP contribution in [0.5, 0.6) is 5.75 Å². The summed E-state index contributed by atoms with van der Waals surface area (Å²) < 4.78 is 31.9. The predicted octanol–water partition coefficient (Wildman–Crippen LogP) is 0.631. The van der Waals surface area contributed by atoms with Crippen molar-refractivity contribution >= 4 is 40.5 Å². The molecule has 1 fully saturated rings. The minimum Gasteiger partial charge on any atom is -0.497 e. The molecule has 0 unspecified atom stereocenters. The number of nitrogens with zero attached hydrogens (tertiary/aromatic N) is 2. The Morgan fingerprint density at radius 3 is 2.52 bits per heavy atom. The van der Waals surface area contributed by atoms with E-state index in [-0.39, 0.29) is 42.0 Å². The average molecular weight is 417 g/mol. The molecule has 0 bridgehead atoms. The van der Waals surface area contributed by atoms with Gasteiger partial charge in [-0.2, -0.15) is 0 Å². The summed E-state index contributed by atoms with van der Waals surface area (Å²) >= 11 is 0. The van der Waals surface area contributed by atoms with Crippen LogP contribution in [0.15, 0.2) is 23.1 Å². The van der Waals surface area contributed by atoms with Crippen LogP contribution in [0.3, 0.4) is 0 Å². The van der Waals surface area contributed by atoms with Crippen molar-refractivity contribution in [3.8, 4) is 5.75 Å². The Balaban J connectivity index is 0.00000288. The van der Waals surface area contributed by atoms with E-state index < -0.39 is 20.6 Å². The first-order valence-corrected chi connectivity index (χ1v) is 8.67. The number of sulfonamides is 1. The first-order chi connectivity index (χ1) is 10.9. The van der Waals surface area contributed by atoms with Gasteiger partial charge in [0, 0.05) is 39.3 Å². The summed E-state index contributed by atoms with van der Waals surface area (Å²) in [5, 5.41) is 14.3. The maximum atomic E-state index is 12.3. The highest BCUT2D eigenvalue weighted by atomic mass is 35.5. The number of hydrogen-bond acceptors (Lipinski definition) is 7. The van der Waals surface area contributed by atoms with Crippen LogP contribution in [0, 0.1) is 10.1 Å². The number of hydrogen-bond donors (Lipinski definition) is 2. The molecule has 0 radical (unpaired) electrons. The molecule has 1 saturated heterocycles. The third-order valence-corrected chi connectivity index (χ3v) is 5.09. The lowest BCUT2D eigenvalue weighted by molar-refractivity contribution is -0.387. The van der Waals surface area contributed by atoms with Crippen molar-refractivity contribution in [2.75, 3.05) is 46.4 Å². The van der Waals surface area contributed by atoms with Crippen LogP contribution in [0.2, 0.25) is 0 Å². The van der Waals surface area contributed by atoms with Crippen LogP contribution >= 0.6 is 24.8 Å². The zero-order valence-electron chi connectivity index (χ0n) is 13.6. The van der Waals surface area contributed by atoms with Crippen molar-refractivity contribution < 1.29 is 18.1 Å². The first kappa shape index (κ1) is 23.8. The Morgan fingerprint density at radius 2 is 1.96 bits per heavy atom. The molecule has 1 heterocycles. The lowest BCUT2D eigenvalue weighted by Gasteiger charge is -2.27. The summed E-state index contributed by atoms with van der Waals surface area (Å²) in [6.45, 7) is 4.21. The number of ether oxygens (including phenoxy) is 1. The van der Waals surface area contributed by atoms with Gasteiger partial charge >= 0.3 is 0 Å². The lowest BCUT2D eigenvalue weighted by Crippen LogP contribution is -2.46. The fourth-order valence-electron chi connectivity index (χ4n) is 2.34. The molecular weight excluding hydrogens is 395 g/mol. The van der Waals surface area contributed by atoms with Gasteiger partial charge in [0.2, 0.25) is 10.0 Å². The summed E-state index contributed by atoms with van der Waals surface area (Å²) in [5.74, 6) is 0.233. The average Bonchev–Trinajstić information content (AvgIpc) is 2.55. The zero-order chi connectivity index (χ0) is 16.9. The SMILES string of the molecule is COc1ccc(S(=O)(=O)NCCN2CCNCC2)c([N+](=O)[O-])c1.Cl.Cl. The smallest absolute Gasteiger partial charge is 0.293 e. The van der Waals surface area contributed by atoms with E-state index in [0.717, 1.165) is 32.2 Å². The van der Waals surface area contributed by atoms with E-state index in [1.54, 1.807) is 0 Å². The number of rotatable bonds is 7. The monoisotopic (exact) mass is 416 g/mol. The Bertz CT molecular complexity index is 668. The summed E-state index contributed by atoms with van der Waals surface area (Å²) in [6, 6.07) is 3.67. The van der Waals surface area contributed by atoms with Crippen LogP contribution in [0.1, 0.15) is 0 Å². The molecule has 0 aromatic heterocycles. The topological polar surface area (TPSA) is 114 Å². The molecule has 1 aromatic rings. The van der Waals surface area contributed by atoms with Crippen LogP contribution < -0.4 is 14.8 Å². The van der Waals surface area contributed by atoms with E-state index in [2.05, 4.69) is 14.9 Å². The molecule has 25 heavy (non-hydrogen) atoms. The molecule has 0 saturated carbocycles. The fraction of sp³-hybridized carbons (Fsp3) is 0.538. The standard InChI is InChI=1S/C13H20N4O5S.2ClH/c1-22-11-2-3-13(12(10-11)17(18)19)23(20,21)15-6-9-16-7-4-14-5-8-16;;/h2-3,10,14-15H,4-9H2,1H3;2*1H. The number of nitro benzene ring substituents is 1. The molecule has 144 valence electrons. The highest BCUT2D eigenvalue weighted by Gasteiger charge is 2.26. The summed E-state index contributed by atoms with van der Waals surface area (Å²) in [4.78, 5) is 12.1. The third kappa shape index (κ3) is 6.57. The molecule has 1 aromatic carbocycles. The van der Waals surface area contributed by atoms with Crippen LogP contribution in [0.25, 0.3) is 0 Å². The van der Waals surface area contributed by atoms with Gasteiger partial charge in [-0.25, -0.2) is 13.1 Å². The van der Waals surface area contributed by atoms with Gasteiger partial charge in [-0.05, 0) is 12.1 Å². The molecule has 0 aliphatic carbocycles. The summed E-state index contributed by atoms with van der Waals surface area (Å²) in [5.41, 5.74) is -0.501. The quantitative estimate of drug-likeness (QED) is 0.494. The highest BCUT2D eigenvalue weighted by molar-refractivity contribution is 7.89. The van der Waals surface area contributed by atoms with E-state index >= 15 is 0 Å². The molecular formula is C13H22Cl2N4O5S. The van der Waals surface area contributed by atoms with Crippen LogP contribution in [-0.2, 0) is 10.0 Å². The maximum Gasteiger partial charge on any atom is 0.293 e. The number of halogens is 2. The van der Waals surface area contributed by atoms with Crippen molar-refractivity contribution in [2.24, 2.45) is 0 Å². The van der Waals surface area contributed by atoms with Gasteiger partial charge in [0.05, 0.1) is 18.1 Å². The fourth-order valence-corrected chi connectivity index (χ4v) is 3.52. The Hall–Kier alpha value is -1.17. The van der Waals surface area contributed by atoms with Crippen LogP contribution in [-0.4, -0.2) is 64.6 Å². The van der Waals surface area contributed by atoms with E-state index in [4.69, 9.17) is 4.74 Å². The van der Waals surface area contributed by atoms with Gasteiger partial charge in [0.15, 0.2) is 4.90 Å². The maximum absolute atomic E-state index is 12.3. The van der Waals surface area contributed by atoms with Gasteiger partial charge in [-0.3, -0.25) is 15.0 Å². The molecule has 0 atom stereocenters. The molecule has 0 spiro atoms. The second-order valence-corrected chi connectivity index (χ2v) is 6.82. The van der Waals surface area contributed by atoms with Crippen molar-refractivity contribution in [1.82, 2.24) is 14.9 Å². The largest absolute Gasteiger partial charge is 0.497 e. The van der Waals surface area contributed by atoms with Gasteiger partial charge in [0.1, 0.15) is 5.75 Å². The molecule has 1 aliphatic heterocycles. The number of benzene rings is 1. The van der Waals surface area contributed by atoms with E-state index in [9.17, 15) is 18.5 Å². The number of methoxy groups -OCH3 is 1. The predicted molar refractivity (Wildman–Crippen MR) is 98.6 cm³/mol. The second kappa shape index (κ2) is 10.7. The first-order valence-electron chi connectivity index (χ1n) is 7.19. The lowest BCUT2D eigenvalue weighted by atomic mass is 10.3. The summed E-state index contributed by atoms with van der Waals surface area (Å²) in [6.07, 6.45) is 0. The van der Waals surface area contributed by atoms with Crippen molar-refractivity contribution in [3.05, 3.63) is 28.3 Å². The Kier molecular flexibility index (Phi) is 10.2. The van der Waals surface area contributed by atoms with Gasteiger partial charge in [-0.1, -0.05) is 0 Å².